The van der Waals surface area contributed by atoms with Crippen LogP contribution in [0.3, 0.4) is 0 Å². The summed E-state index contributed by atoms with van der Waals surface area (Å²) < 4.78 is 117. The molecule has 0 radical (unpaired) electrons. The zero-order valence-electron chi connectivity index (χ0n) is 17.0. The number of carboxylic acid groups (broad SMARTS) is 1. The van der Waals surface area contributed by atoms with Gasteiger partial charge in [-0.2, -0.15) is 35.1 Å². The second-order valence-electron chi connectivity index (χ2n) is 7.04. The maximum atomic E-state index is 14.3. The number of nitrogens with zero attached hydrogens (tertiary/aromatic N) is 1. The van der Waals surface area contributed by atoms with Crippen LogP contribution in [0.25, 0.3) is 0 Å². The quantitative estimate of drug-likeness (QED) is 0.460. The molecule has 1 aliphatic heterocycles. The molecule has 0 saturated heterocycles. The van der Waals surface area contributed by atoms with Gasteiger partial charge < -0.3 is 26.0 Å². The monoisotopic (exact) mass is 513 g/mol. The smallest absolute Gasteiger partial charge is 0.475 e. The predicted octanol–water partition coefficient (Wildman–Crippen LogP) is 2.91. The molecule has 1 aliphatic rings. The van der Waals surface area contributed by atoms with Crippen LogP contribution in [0.4, 0.5) is 45.2 Å². The highest BCUT2D eigenvalue weighted by molar-refractivity contribution is 5.97. The SMILES string of the molecule is CC(O)(C(=O)Nc1ccc(F)c(C2(C)N=C(N)OCC2(F)F)c1)C(F)(F)F.O=C(O)C(F)(F)F. The van der Waals surface area contributed by atoms with E-state index in [1.54, 1.807) is 5.32 Å². The van der Waals surface area contributed by atoms with Gasteiger partial charge in [-0.15, -0.1) is 0 Å². The van der Waals surface area contributed by atoms with Crippen LogP contribution < -0.4 is 11.1 Å². The molecular weight excluding hydrogens is 497 g/mol. The minimum atomic E-state index is -5.29. The lowest BCUT2D eigenvalue weighted by molar-refractivity contribution is -0.242. The van der Waals surface area contributed by atoms with Crippen LogP contribution in [0.5, 0.6) is 0 Å². The average Bonchev–Trinajstić information content (AvgIpc) is 2.65. The van der Waals surface area contributed by atoms with Gasteiger partial charge in [-0.25, -0.2) is 14.2 Å². The van der Waals surface area contributed by atoms with Crippen molar-refractivity contribution in [1.82, 2.24) is 0 Å². The first kappa shape index (κ1) is 28.8. The van der Waals surface area contributed by atoms with Gasteiger partial charge >= 0.3 is 24.2 Å². The second-order valence-corrected chi connectivity index (χ2v) is 7.04. The first-order valence-electron chi connectivity index (χ1n) is 8.63. The first-order chi connectivity index (χ1) is 15.1. The van der Waals surface area contributed by atoms with Crippen molar-refractivity contribution in [2.24, 2.45) is 10.7 Å². The van der Waals surface area contributed by atoms with E-state index in [0.717, 1.165) is 13.0 Å². The molecule has 0 fully saturated rings. The molecule has 0 saturated carbocycles. The summed E-state index contributed by atoms with van der Waals surface area (Å²) in [5, 5.41) is 18.2. The molecular formula is C17H16F9N3O5. The Morgan fingerprint density at radius 1 is 1.18 bits per heavy atom. The van der Waals surface area contributed by atoms with Crippen LogP contribution in [0.1, 0.15) is 19.4 Å². The van der Waals surface area contributed by atoms with Gasteiger partial charge in [0, 0.05) is 11.3 Å². The molecule has 0 spiro atoms. The number of carboxylic acids is 1. The van der Waals surface area contributed by atoms with Gasteiger partial charge in [-0.3, -0.25) is 4.79 Å². The summed E-state index contributed by atoms with van der Waals surface area (Å²) in [4.78, 5) is 24.1. The average molecular weight is 513 g/mol. The van der Waals surface area contributed by atoms with E-state index < -0.39 is 71.0 Å². The summed E-state index contributed by atoms with van der Waals surface area (Å²) in [6.07, 6.45) is -10.4. The zero-order valence-corrected chi connectivity index (χ0v) is 17.0. The lowest BCUT2D eigenvalue weighted by atomic mass is 9.85. The minimum absolute atomic E-state index is 0.214. The van der Waals surface area contributed by atoms with E-state index in [4.69, 9.17) is 15.6 Å². The summed E-state index contributed by atoms with van der Waals surface area (Å²) in [6.45, 7) is -0.123. The summed E-state index contributed by atoms with van der Waals surface area (Å²) in [5.41, 5.74) is -2.19. The number of hydrogen-bond donors (Lipinski definition) is 4. The van der Waals surface area contributed by atoms with Gasteiger partial charge in [0.1, 0.15) is 5.82 Å². The second kappa shape index (κ2) is 9.19. The third-order valence-electron chi connectivity index (χ3n) is 4.43. The number of aliphatic hydroxyl groups is 1. The van der Waals surface area contributed by atoms with Gasteiger partial charge in [0.2, 0.25) is 5.60 Å². The largest absolute Gasteiger partial charge is 0.490 e. The van der Waals surface area contributed by atoms with E-state index in [1.165, 1.54) is 0 Å². The van der Waals surface area contributed by atoms with E-state index in [9.17, 15) is 49.4 Å². The Bertz CT molecular complexity index is 976. The molecule has 192 valence electrons. The number of carbonyl (C=O) groups excluding carboxylic acids is 1. The van der Waals surface area contributed by atoms with Crippen LogP contribution in [-0.2, 0) is 19.9 Å². The Balaban J connectivity index is 0.000000718. The van der Waals surface area contributed by atoms with Crippen molar-refractivity contribution in [2.75, 3.05) is 11.9 Å². The van der Waals surface area contributed by atoms with Crippen molar-refractivity contribution in [1.29, 1.82) is 0 Å². The third kappa shape index (κ3) is 6.00. The fraction of sp³-hybridized carbons (Fsp3) is 0.471. The maximum Gasteiger partial charge on any atom is 0.490 e. The van der Waals surface area contributed by atoms with Gasteiger partial charge in [0.15, 0.2) is 12.1 Å². The van der Waals surface area contributed by atoms with Crippen molar-refractivity contribution in [3.8, 4) is 0 Å². The fourth-order valence-electron chi connectivity index (χ4n) is 2.25. The number of aliphatic imine (C=N–C) groups is 1. The Morgan fingerprint density at radius 3 is 2.12 bits per heavy atom. The number of ether oxygens (including phenoxy) is 1. The molecule has 2 rings (SSSR count). The predicted molar refractivity (Wildman–Crippen MR) is 95.3 cm³/mol. The number of rotatable bonds is 3. The highest BCUT2D eigenvalue weighted by Gasteiger charge is 2.57. The molecule has 0 aliphatic carbocycles. The van der Waals surface area contributed by atoms with Crippen molar-refractivity contribution >= 4 is 23.6 Å². The standard InChI is InChI=1S/C15H15F6N3O3.C2HF3O2/c1-12(14(17,18)6-27-11(22)24-12)8-5-7(3-4-9(8)16)23-10(25)13(2,26)15(19,20)21;3-2(4,5)1(6)7/h3-5,26H,6H2,1-2H3,(H2,22,24)(H,23,25);(H,6,7). The van der Waals surface area contributed by atoms with Crippen molar-refractivity contribution < 1.29 is 64.1 Å². The summed E-state index contributed by atoms with van der Waals surface area (Å²) in [5.74, 6) is -9.50. The van der Waals surface area contributed by atoms with E-state index in [0.29, 0.717) is 12.1 Å². The van der Waals surface area contributed by atoms with E-state index in [-0.39, 0.29) is 6.92 Å². The van der Waals surface area contributed by atoms with E-state index in [1.807, 2.05) is 0 Å². The normalized spacial score (nSPS) is 21.7. The van der Waals surface area contributed by atoms with Crippen LogP contribution in [0, 0.1) is 5.82 Å². The zero-order chi connectivity index (χ0) is 26.9. The van der Waals surface area contributed by atoms with Crippen LogP contribution in [-0.4, -0.2) is 58.6 Å². The lowest BCUT2D eigenvalue weighted by Crippen LogP contribution is -2.52. The number of alkyl halides is 8. The number of nitrogens with one attached hydrogen (secondary N) is 1. The van der Waals surface area contributed by atoms with Crippen molar-refractivity contribution in [3.63, 3.8) is 0 Å². The summed E-state index contributed by atoms with van der Waals surface area (Å²) in [7, 11) is 0. The number of amides is 1. The molecule has 1 aromatic carbocycles. The van der Waals surface area contributed by atoms with E-state index in [2.05, 4.69) is 9.73 Å². The third-order valence-corrected chi connectivity index (χ3v) is 4.43. The van der Waals surface area contributed by atoms with Crippen molar-refractivity contribution in [2.45, 2.75) is 43.3 Å². The molecule has 1 heterocycles. The molecule has 0 aromatic heterocycles. The molecule has 5 N–H and O–H groups in total. The lowest BCUT2D eigenvalue weighted by Gasteiger charge is -2.37. The van der Waals surface area contributed by atoms with Crippen molar-refractivity contribution in [3.05, 3.63) is 29.6 Å². The van der Waals surface area contributed by atoms with Crippen LogP contribution in [0.2, 0.25) is 0 Å². The summed E-state index contributed by atoms with van der Waals surface area (Å²) in [6, 6.07) is 1.57. The Hall–Kier alpha value is -3.24. The molecule has 8 nitrogen and oxygen atoms in total. The number of anilines is 1. The topological polar surface area (TPSA) is 134 Å². The molecule has 2 unspecified atom stereocenters. The van der Waals surface area contributed by atoms with Gasteiger partial charge in [0.05, 0.1) is 0 Å². The molecule has 34 heavy (non-hydrogen) atoms. The summed E-state index contributed by atoms with van der Waals surface area (Å²) >= 11 is 0. The Morgan fingerprint density at radius 2 is 1.68 bits per heavy atom. The molecule has 0 bridgehead atoms. The van der Waals surface area contributed by atoms with Gasteiger partial charge in [-0.1, -0.05) is 0 Å². The van der Waals surface area contributed by atoms with Gasteiger partial charge in [0.25, 0.3) is 11.9 Å². The highest BCUT2D eigenvalue weighted by atomic mass is 19.4. The number of nitrogens with two attached hydrogens (primary N) is 1. The maximum absolute atomic E-state index is 14.3. The molecule has 1 amide bonds. The fourth-order valence-corrected chi connectivity index (χ4v) is 2.25. The number of amidine groups is 1. The Kier molecular flexibility index (Phi) is 7.78. The number of benzene rings is 1. The highest BCUT2D eigenvalue weighted by Crippen LogP contribution is 2.45. The molecule has 1 aromatic rings. The first-order valence-corrected chi connectivity index (χ1v) is 8.63. The van der Waals surface area contributed by atoms with Crippen LogP contribution >= 0.6 is 0 Å². The van der Waals surface area contributed by atoms with E-state index >= 15 is 0 Å². The minimum Gasteiger partial charge on any atom is -0.475 e. The number of carbonyl (C=O) groups is 2. The van der Waals surface area contributed by atoms with Gasteiger partial charge in [-0.05, 0) is 32.0 Å². The molecule has 2 atom stereocenters. The molecule has 17 heteroatoms. The number of halogens is 9. The number of aliphatic carboxylic acids is 1. The Labute approximate surface area is 184 Å². The van der Waals surface area contributed by atoms with Crippen LogP contribution in [0.15, 0.2) is 23.2 Å². The number of hydrogen-bond acceptors (Lipinski definition) is 6.